The molecule has 0 N–H and O–H groups in total. The third kappa shape index (κ3) is 8.41. The Morgan fingerprint density at radius 1 is 1.41 bits per heavy atom. The summed E-state index contributed by atoms with van der Waals surface area (Å²) in [6.45, 7) is 6.90. The highest BCUT2D eigenvalue weighted by molar-refractivity contribution is 8.00. The van der Waals surface area contributed by atoms with E-state index < -0.39 is 5.92 Å². The summed E-state index contributed by atoms with van der Waals surface area (Å²) in [7, 11) is 0. The predicted octanol–water partition coefficient (Wildman–Crippen LogP) is 3.74. The molecule has 0 aromatic rings. The Bertz CT molecular complexity index is 227. The van der Waals surface area contributed by atoms with E-state index in [1.807, 2.05) is 13.8 Å². The minimum Gasteiger partial charge on any atom is -0.465 e. The molecule has 0 bridgehead atoms. The van der Waals surface area contributed by atoms with E-state index in [1.54, 1.807) is 6.92 Å². The number of halogens is 2. The molecule has 0 aliphatic heterocycles. The lowest BCUT2D eigenvalue weighted by Gasteiger charge is -2.19. The molecule has 1 unspecified atom stereocenters. The van der Waals surface area contributed by atoms with Crippen LogP contribution >= 0.6 is 11.8 Å². The van der Waals surface area contributed by atoms with Crippen LogP contribution in [0.4, 0.5) is 8.78 Å². The number of rotatable bonds is 8. The summed E-state index contributed by atoms with van der Waals surface area (Å²) in [5, 5.41) is -0.250. The molecule has 17 heavy (non-hydrogen) atoms. The number of esters is 1. The van der Waals surface area contributed by atoms with Crippen molar-refractivity contribution in [3.63, 3.8) is 0 Å². The van der Waals surface area contributed by atoms with Crippen molar-refractivity contribution < 1.29 is 18.3 Å². The van der Waals surface area contributed by atoms with Crippen LogP contribution in [0.2, 0.25) is 0 Å². The van der Waals surface area contributed by atoms with Crippen LogP contribution in [-0.2, 0) is 9.53 Å². The molecule has 0 rings (SSSR count). The van der Waals surface area contributed by atoms with Gasteiger partial charge in [-0.1, -0.05) is 13.8 Å². The third-order valence-corrected chi connectivity index (χ3v) is 3.80. The topological polar surface area (TPSA) is 26.3 Å². The molecule has 0 aliphatic carbocycles. The van der Waals surface area contributed by atoms with E-state index >= 15 is 0 Å². The number of hydrogen-bond acceptors (Lipinski definition) is 3. The van der Waals surface area contributed by atoms with Gasteiger partial charge in [-0.3, -0.25) is 4.79 Å². The maximum absolute atomic E-state index is 12.6. The largest absolute Gasteiger partial charge is 0.465 e. The van der Waals surface area contributed by atoms with E-state index in [9.17, 15) is 13.6 Å². The number of carbonyl (C=O) groups is 1. The molecule has 0 radical (unpaired) electrons. The molecule has 1 atom stereocenters. The molecule has 2 nitrogen and oxygen atoms in total. The van der Waals surface area contributed by atoms with Crippen molar-refractivity contribution in [2.24, 2.45) is 5.92 Å². The summed E-state index contributed by atoms with van der Waals surface area (Å²) in [6, 6.07) is 0. The van der Waals surface area contributed by atoms with Crippen molar-refractivity contribution >= 4 is 17.7 Å². The second-order valence-electron chi connectivity index (χ2n) is 4.46. The summed E-state index contributed by atoms with van der Waals surface area (Å²) >= 11 is 1.41. The summed E-state index contributed by atoms with van der Waals surface area (Å²) in [4.78, 5) is 11.6. The van der Waals surface area contributed by atoms with E-state index in [-0.39, 0.29) is 23.6 Å². The number of hydrogen-bond donors (Lipinski definition) is 0. The van der Waals surface area contributed by atoms with E-state index in [0.29, 0.717) is 18.8 Å². The van der Waals surface area contributed by atoms with Gasteiger partial charge in [0.2, 0.25) is 5.92 Å². The lowest BCUT2D eigenvalue weighted by atomic mass is 10.1. The molecular weight excluding hydrogens is 246 g/mol. The van der Waals surface area contributed by atoms with Crippen LogP contribution in [0.1, 0.15) is 40.5 Å². The van der Waals surface area contributed by atoms with Crippen LogP contribution in [-0.4, -0.2) is 29.5 Å². The van der Waals surface area contributed by atoms with Gasteiger partial charge in [0.1, 0.15) is 5.25 Å². The first-order valence-electron chi connectivity index (χ1n) is 5.94. The maximum Gasteiger partial charge on any atom is 0.319 e. The summed E-state index contributed by atoms with van der Waals surface area (Å²) in [6.07, 6.45) is 0.282. The molecule has 0 aromatic heterocycles. The zero-order valence-corrected chi connectivity index (χ0v) is 11.8. The first-order chi connectivity index (χ1) is 7.78. The Morgan fingerprint density at radius 3 is 2.41 bits per heavy atom. The molecule has 0 aromatic carbocycles. The highest BCUT2D eigenvalue weighted by Gasteiger charge is 2.25. The highest BCUT2D eigenvalue weighted by atomic mass is 32.2. The minimum absolute atomic E-state index is 0.131. The lowest BCUT2D eigenvalue weighted by Crippen LogP contribution is -2.26. The molecule has 0 amide bonds. The Morgan fingerprint density at radius 2 is 2.00 bits per heavy atom. The predicted molar refractivity (Wildman–Crippen MR) is 67.6 cm³/mol. The summed E-state index contributed by atoms with van der Waals surface area (Å²) in [5.41, 5.74) is 0. The van der Waals surface area contributed by atoms with E-state index in [2.05, 4.69) is 0 Å². The average molecular weight is 268 g/mol. The summed E-state index contributed by atoms with van der Waals surface area (Å²) in [5.74, 6) is -2.14. The van der Waals surface area contributed by atoms with Gasteiger partial charge in [0, 0.05) is 6.42 Å². The Labute approximate surface area is 106 Å². The fraction of sp³-hybridized carbons (Fsp3) is 0.917. The van der Waals surface area contributed by atoms with Crippen LogP contribution < -0.4 is 0 Å². The van der Waals surface area contributed by atoms with Crippen LogP contribution in [0.15, 0.2) is 0 Å². The molecule has 0 aliphatic rings. The van der Waals surface area contributed by atoms with E-state index in [0.717, 1.165) is 6.92 Å². The molecule has 0 heterocycles. The van der Waals surface area contributed by atoms with Gasteiger partial charge in [-0.05, 0) is 31.9 Å². The SMILES string of the molecule is CCOC(=O)C(SCCCC(C)(F)F)C(C)C. The van der Waals surface area contributed by atoms with Gasteiger partial charge in [-0.2, -0.15) is 0 Å². The number of alkyl halides is 2. The van der Waals surface area contributed by atoms with Crippen LogP contribution in [0.3, 0.4) is 0 Å². The second-order valence-corrected chi connectivity index (χ2v) is 5.71. The smallest absolute Gasteiger partial charge is 0.319 e. The maximum atomic E-state index is 12.6. The van der Waals surface area contributed by atoms with Crippen molar-refractivity contribution in [3.05, 3.63) is 0 Å². The van der Waals surface area contributed by atoms with Crippen molar-refractivity contribution in [1.29, 1.82) is 0 Å². The molecule has 102 valence electrons. The van der Waals surface area contributed by atoms with E-state index in [1.165, 1.54) is 11.8 Å². The first-order valence-corrected chi connectivity index (χ1v) is 6.99. The minimum atomic E-state index is -2.61. The number of carbonyl (C=O) groups excluding carboxylic acids is 1. The van der Waals surface area contributed by atoms with Gasteiger partial charge in [0.25, 0.3) is 0 Å². The standard InChI is InChI=1S/C12H22F2O2S/c1-5-16-11(15)10(9(2)3)17-8-6-7-12(4,13)14/h9-10H,5-8H2,1-4H3. The van der Waals surface area contributed by atoms with Crippen LogP contribution in [0.5, 0.6) is 0 Å². The molecule has 5 heteroatoms. The molecular formula is C12H22F2O2S. The Kier molecular flexibility index (Phi) is 7.75. The van der Waals surface area contributed by atoms with Gasteiger partial charge >= 0.3 is 5.97 Å². The number of ether oxygens (including phenoxy) is 1. The lowest BCUT2D eigenvalue weighted by molar-refractivity contribution is -0.143. The zero-order chi connectivity index (χ0) is 13.5. The van der Waals surface area contributed by atoms with Crippen LogP contribution in [0.25, 0.3) is 0 Å². The van der Waals surface area contributed by atoms with Crippen molar-refractivity contribution in [1.82, 2.24) is 0 Å². The van der Waals surface area contributed by atoms with Crippen LogP contribution in [0, 0.1) is 5.92 Å². The monoisotopic (exact) mass is 268 g/mol. The number of thioether (sulfide) groups is 1. The molecule has 0 spiro atoms. The second kappa shape index (κ2) is 7.90. The fourth-order valence-electron chi connectivity index (χ4n) is 1.35. The average Bonchev–Trinajstić information content (AvgIpc) is 2.15. The van der Waals surface area contributed by atoms with Crippen molar-refractivity contribution in [3.8, 4) is 0 Å². The zero-order valence-electron chi connectivity index (χ0n) is 11.0. The molecule has 0 saturated carbocycles. The third-order valence-electron chi connectivity index (χ3n) is 2.18. The molecule has 0 saturated heterocycles. The van der Waals surface area contributed by atoms with Gasteiger partial charge in [0.15, 0.2) is 0 Å². The van der Waals surface area contributed by atoms with Crippen molar-refractivity contribution in [2.45, 2.75) is 51.7 Å². The van der Waals surface area contributed by atoms with Crippen molar-refractivity contribution in [2.75, 3.05) is 12.4 Å². The Balaban J connectivity index is 3.98. The van der Waals surface area contributed by atoms with Gasteiger partial charge in [0.05, 0.1) is 6.61 Å². The van der Waals surface area contributed by atoms with Gasteiger partial charge in [-0.25, -0.2) is 8.78 Å². The molecule has 0 fully saturated rings. The Hall–Kier alpha value is -0.320. The summed E-state index contributed by atoms with van der Waals surface area (Å²) < 4.78 is 30.1. The normalized spacial score (nSPS) is 13.8. The van der Waals surface area contributed by atoms with Gasteiger partial charge in [-0.15, -0.1) is 11.8 Å². The van der Waals surface area contributed by atoms with E-state index in [4.69, 9.17) is 4.74 Å². The van der Waals surface area contributed by atoms with Gasteiger partial charge < -0.3 is 4.74 Å². The fourth-order valence-corrected chi connectivity index (χ4v) is 2.50. The first kappa shape index (κ1) is 16.7. The quantitative estimate of drug-likeness (QED) is 0.495. The highest BCUT2D eigenvalue weighted by Crippen LogP contribution is 2.25.